The minimum atomic E-state index is -0.0482. The fourth-order valence-electron chi connectivity index (χ4n) is 2.49. The molecule has 1 fully saturated rings. The molecule has 1 aliphatic carbocycles. The van der Waals surface area contributed by atoms with Crippen molar-refractivity contribution >= 4 is 33.0 Å². The zero-order valence-electron chi connectivity index (χ0n) is 8.88. The molecule has 0 saturated heterocycles. The third-order valence-corrected chi connectivity index (χ3v) is 5.38. The summed E-state index contributed by atoms with van der Waals surface area (Å²) in [5, 5.41) is 1.98. The van der Waals surface area contributed by atoms with Crippen molar-refractivity contribution in [1.29, 1.82) is 0 Å². The van der Waals surface area contributed by atoms with Gasteiger partial charge in [0.25, 0.3) is 0 Å². The van der Waals surface area contributed by atoms with Crippen LogP contribution in [0.2, 0.25) is 0 Å². The summed E-state index contributed by atoms with van der Waals surface area (Å²) in [4.78, 5) is 13.4. The van der Waals surface area contributed by atoms with Crippen LogP contribution in [-0.4, -0.2) is 5.78 Å². The first kappa shape index (κ1) is 11.3. The Hall–Kier alpha value is -0.150. The Morgan fingerprint density at radius 1 is 1.53 bits per heavy atom. The second-order valence-electron chi connectivity index (χ2n) is 4.27. The quantitative estimate of drug-likeness (QED) is 0.739. The van der Waals surface area contributed by atoms with Crippen LogP contribution in [0.5, 0.6) is 0 Å². The minimum absolute atomic E-state index is 0.0482. The zero-order chi connectivity index (χ0) is 10.9. The highest BCUT2D eigenvalue weighted by Gasteiger charge is 2.40. The van der Waals surface area contributed by atoms with Crippen LogP contribution in [0, 0.1) is 5.41 Å². The SMILES string of the molecule is CCC1(C(=O)c2sccc2Br)CCCC1. The van der Waals surface area contributed by atoms with E-state index in [1.165, 1.54) is 12.8 Å². The summed E-state index contributed by atoms with van der Waals surface area (Å²) in [7, 11) is 0. The summed E-state index contributed by atoms with van der Waals surface area (Å²) < 4.78 is 0.970. The molecule has 0 aromatic carbocycles. The molecule has 15 heavy (non-hydrogen) atoms. The predicted octanol–water partition coefficient (Wildman–Crippen LogP) is 4.66. The molecule has 3 heteroatoms. The maximum atomic E-state index is 12.5. The van der Waals surface area contributed by atoms with Crippen LogP contribution >= 0.6 is 27.3 Å². The van der Waals surface area contributed by atoms with Crippen molar-refractivity contribution < 1.29 is 4.79 Å². The van der Waals surface area contributed by atoms with E-state index in [2.05, 4.69) is 22.9 Å². The summed E-state index contributed by atoms with van der Waals surface area (Å²) in [6.45, 7) is 2.14. The molecule has 1 saturated carbocycles. The summed E-state index contributed by atoms with van der Waals surface area (Å²) in [6.07, 6.45) is 5.56. The van der Waals surface area contributed by atoms with Gasteiger partial charge in [-0.25, -0.2) is 0 Å². The van der Waals surface area contributed by atoms with Crippen LogP contribution < -0.4 is 0 Å². The van der Waals surface area contributed by atoms with E-state index < -0.39 is 0 Å². The lowest BCUT2D eigenvalue weighted by atomic mass is 9.78. The first-order valence-corrected chi connectivity index (χ1v) is 7.15. The van der Waals surface area contributed by atoms with Crippen molar-refractivity contribution in [2.45, 2.75) is 39.0 Å². The van der Waals surface area contributed by atoms with Crippen molar-refractivity contribution in [2.75, 3.05) is 0 Å². The van der Waals surface area contributed by atoms with Gasteiger partial charge in [0.15, 0.2) is 5.78 Å². The highest BCUT2D eigenvalue weighted by Crippen LogP contribution is 2.45. The van der Waals surface area contributed by atoms with Crippen LogP contribution in [0.25, 0.3) is 0 Å². The molecule has 0 aliphatic heterocycles. The van der Waals surface area contributed by atoms with Gasteiger partial charge in [0.05, 0.1) is 4.88 Å². The minimum Gasteiger partial charge on any atom is -0.293 e. The number of halogens is 1. The Bertz CT molecular complexity index is 363. The number of carbonyl (C=O) groups is 1. The van der Waals surface area contributed by atoms with Gasteiger partial charge in [-0.15, -0.1) is 11.3 Å². The monoisotopic (exact) mass is 286 g/mol. The number of hydrogen-bond acceptors (Lipinski definition) is 2. The Morgan fingerprint density at radius 3 is 2.67 bits per heavy atom. The van der Waals surface area contributed by atoms with E-state index in [-0.39, 0.29) is 5.41 Å². The van der Waals surface area contributed by atoms with E-state index in [0.29, 0.717) is 5.78 Å². The lowest BCUT2D eigenvalue weighted by Crippen LogP contribution is -2.26. The van der Waals surface area contributed by atoms with E-state index in [0.717, 1.165) is 28.6 Å². The van der Waals surface area contributed by atoms with Gasteiger partial charge in [-0.1, -0.05) is 19.8 Å². The number of thiophene rings is 1. The van der Waals surface area contributed by atoms with E-state index in [1.807, 2.05) is 11.4 Å². The fourth-order valence-corrected chi connectivity index (χ4v) is 4.10. The van der Waals surface area contributed by atoms with Gasteiger partial charge >= 0.3 is 0 Å². The first-order chi connectivity index (χ1) is 7.19. The molecule has 0 spiro atoms. The van der Waals surface area contributed by atoms with Gasteiger partial charge in [0.1, 0.15) is 0 Å². The molecule has 0 unspecified atom stereocenters. The fraction of sp³-hybridized carbons (Fsp3) is 0.583. The molecule has 0 N–H and O–H groups in total. The Labute approximate surface area is 103 Å². The third-order valence-electron chi connectivity index (χ3n) is 3.54. The average molecular weight is 287 g/mol. The van der Waals surface area contributed by atoms with E-state index in [4.69, 9.17) is 0 Å². The van der Waals surface area contributed by atoms with Crippen molar-refractivity contribution in [3.63, 3.8) is 0 Å². The third kappa shape index (κ3) is 1.92. The summed E-state index contributed by atoms with van der Waals surface area (Å²) in [5.74, 6) is 0.365. The maximum Gasteiger partial charge on any atom is 0.180 e. The summed E-state index contributed by atoms with van der Waals surface area (Å²) in [5.41, 5.74) is -0.0482. The lowest BCUT2D eigenvalue weighted by Gasteiger charge is -2.25. The predicted molar refractivity (Wildman–Crippen MR) is 67.5 cm³/mol. The van der Waals surface area contributed by atoms with Gasteiger partial charge < -0.3 is 0 Å². The van der Waals surface area contributed by atoms with Crippen molar-refractivity contribution in [3.05, 3.63) is 20.8 Å². The second-order valence-corrected chi connectivity index (χ2v) is 6.04. The largest absolute Gasteiger partial charge is 0.293 e. The molecule has 1 aromatic heterocycles. The summed E-state index contributed by atoms with van der Waals surface area (Å²) >= 11 is 5.02. The first-order valence-electron chi connectivity index (χ1n) is 5.47. The Morgan fingerprint density at radius 2 is 2.20 bits per heavy atom. The summed E-state index contributed by atoms with van der Waals surface area (Å²) in [6, 6.07) is 1.97. The topological polar surface area (TPSA) is 17.1 Å². The van der Waals surface area contributed by atoms with Crippen molar-refractivity contribution in [3.8, 4) is 0 Å². The molecule has 1 aliphatic rings. The lowest BCUT2D eigenvalue weighted by molar-refractivity contribution is 0.0795. The normalized spacial score (nSPS) is 19.3. The van der Waals surface area contributed by atoms with Crippen molar-refractivity contribution in [1.82, 2.24) is 0 Å². The highest BCUT2D eigenvalue weighted by molar-refractivity contribution is 9.10. The average Bonchev–Trinajstić information content (AvgIpc) is 2.86. The number of Topliss-reactive ketones (excluding diaryl/α,β-unsaturated/α-hetero) is 1. The molecule has 0 amide bonds. The maximum absolute atomic E-state index is 12.5. The number of ketones is 1. The van der Waals surface area contributed by atoms with Crippen LogP contribution in [0.3, 0.4) is 0 Å². The Kier molecular flexibility index (Phi) is 3.31. The van der Waals surface area contributed by atoms with E-state index in [1.54, 1.807) is 11.3 Å². The molecule has 0 atom stereocenters. The van der Waals surface area contributed by atoms with Crippen LogP contribution in [0.1, 0.15) is 48.7 Å². The number of carbonyl (C=O) groups excluding carboxylic acids is 1. The molecule has 2 rings (SSSR count). The number of hydrogen-bond donors (Lipinski definition) is 0. The zero-order valence-corrected chi connectivity index (χ0v) is 11.3. The van der Waals surface area contributed by atoms with Crippen molar-refractivity contribution in [2.24, 2.45) is 5.41 Å². The van der Waals surface area contributed by atoms with E-state index >= 15 is 0 Å². The molecule has 1 aromatic rings. The second kappa shape index (κ2) is 4.38. The molecule has 0 bridgehead atoms. The molecular weight excluding hydrogens is 272 g/mol. The molecule has 1 nitrogen and oxygen atoms in total. The van der Waals surface area contributed by atoms with Crippen LogP contribution in [0.4, 0.5) is 0 Å². The standard InChI is InChI=1S/C12H15BrOS/c1-2-12(6-3-4-7-12)11(14)10-9(13)5-8-15-10/h5,8H,2-4,6-7H2,1H3. The van der Waals surface area contributed by atoms with Gasteiger partial charge in [-0.2, -0.15) is 0 Å². The van der Waals surface area contributed by atoms with Gasteiger partial charge in [0, 0.05) is 9.89 Å². The molecule has 1 heterocycles. The molecular formula is C12H15BrOS. The van der Waals surface area contributed by atoms with Crippen LogP contribution in [0.15, 0.2) is 15.9 Å². The highest BCUT2D eigenvalue weighted by atomic mass is 79.9. The van der Waals surface area contributed by atoms with E-state index in [9.17, 15) is 4.79 Å². The molecule has 0 radical (unpaired) electrons. The van der Waals surface area contributed by atoms with Gasteiger partial charge in [-0.3, -0.25) is 4.79 Å². The number of rotatable bonds is 3. The Balaban J connectivity index is 2.30. The van der Waals surface area contributed by atoms with Gasteiger partial charge in [-0.05, 0) is 46.6 Å². The van der Waals surface area contributed by atoms with Crippen LogP contribution in [-0.2, 0) is 0 Å². The van der Waals surface area contributed by atoms with Gasteiger partial charge in [0.2, 0.25) is 0 Å². The molecule has 82 valence electrons. The smallest absolute Gasteiger partial charge is 0.180 e.